The highest BCUT2D eigenvalue weighted by molar-refractivity contribution is 5.45. The summed E-state index contributed by atoms with van der Waals surface area (Å²) in [5.74, 6) is 1.54. The van der Waals surface area contributed by atoms with Crippen LogP contribution in [0.2, 0.25) is 0 Å². The largest absolute Gasteiger partial charge is 0.454 e. The van der Waals surface area contributed by atoms with E-state index in [-0.39, 0.29) is 25.7 Å². The summed E-state index contributed by atoms with van der Waals surface area (Å²) in [7, 11) is 0. The van der Waals surface area contributed by atoms with Crippen LogP contribution in [0.3, 0.4) is 0 Å². The minimum atomic E-state index is -0.111. The Morgan fingerprint density at radius 3 is 2.94 bits per heavy atom. The van der Waals surface area contributed by atoms with E-state index in [4.69, 9.17) is 14.2 Å². The van der Waals surface area contributed by atoms with Gasteiger partial charge >= 0.3 is 0 Å². The zero-order valence-electron chi connectivity index (χ0n) is 10.3. The Morgan fingerprint density at radius 2 is 2.17 bits per heavy atom. The highest BCUT2D eigenvalue weighted by atomic mass is 16.7. The Morgan fingerprint density at radius 1 is 1.33 bits per heavy atom. The van der Waals surface area contributed by atoms with Crippen LogP contribution in [0.25, 0.3) is 0 Å². The lowest BCUT2D eigenvalue weighted by Crippen LogP contribution is -2.25. The summed E-state index contributed by atoms with van der Waals surface area (Å²) in [6.45, 7) is 4.06. The second kappa shape index (κ2) is 4.76. The molecule has 98 valence electrons. The monoisotopic (exact) mass is 251 g/mol. The summed E-state index contributed by atoms with van der Waals surface area (Å²) in [6, 6.07) is 5.84. The maximum Gasteiger partial charge on any atom is 0.231 e. The molecule has 5 nitrogen and oxygen atoms in total. The van der Waals surface area contributed by atoms with Crippen molar-refractivity contribution < 1.29 is 19.3 Å². The highest BCUT2D eigenvalue weighted by Crippen LogP contribution is 2.37. The SMILES string of the molecule is CCN1CC(CO)OC1c1ccc2c(c1)OCO2. The molecule has 1 aromatic carbocycles. The standard InChI is InChI=1S/C13H17NO4/c1-2-14-6-10(7-15)18-13(14)9-3-4-11-12(5-9)17-8-16-11/h3-5,10,13,15H,2,6-8H2,1H3. The van der Waals surface area contributed by atoms with Crippen molar-refractivity contribution in [2.45, 2.75) is 19.3 Å². The average molecular weight is 251 g/mol. The van der Waals surface area contributed by atoms with Crippen molar-refractivity contribution in [2.24, 2.45) is 0 Å². The van der Waals surface area contributed by atoms with E-state index < -0.39 is 0 Å². The third-order valence-corrected chi connectivity index (χ3v) is 3.38. The number of likely N-dealkylation sites (N-methyl/N-ethyl adjacent to an activating group) is 1. The van der Waals surface area contributed by atoms with Crippen LogP contribution in [0, 0.1) is 0 Å². The normalized spacial score (nSPS) is 26.8. The van der Waals surface area contributed by atoms with Crippen molar-refractivity contribution in [3.63, 3.8) is 0 Å². The second-order valence-corrected chi connectivity index (χ2v) is 4.49. The average Bonchev–Trinajstić information content (AvgIpc) is 3.03. The van der Waals surface area contributed by atoms with Crippen LogP contribution in [0.5, 0.6) is 11.5 Å². The Hall–Kier alpha value is -1.30. The van der Waals surface area contributed by atoms with Crippen molar-refractivity contribution >= 4 is 0 Å². The molecule has 2 aliphatic rings. The van der Waals surface area contributed by atoms with Crippen LogP contribution < -0.4 is 9.47 Å². The van der Waals surface area contributed by atoms with Gasteiger partial charge in [-0.2, -0.15) is 0 Å². The molecule has 5 heteroatoms. The lowest BCUT2D eigenvalue weighted by molar-refractivity contribution is -0.0185. The molecule has 1 fully saturated rings. The van der Waals surface area contributed by atoms with Gasteiger partial charge in [-0.05, 0) is 24.2 Å². The van der Waals surface area contributed by atoms with Gasteiger partial charge in [-0.1, -0.05) is 13.0 Å². The molecule has 2 heterocycles. The van der Waals surface area contributed by atoms with Gasteiger partial charge in [0.25, 0.3) is 0 Å². The third-order valence-electron chi connectivity index (χ3n) is 3.38. The number of fused-ring (bicyclic) bond motifs is 1. The quantitative estimate of drug-likeness (QED) is 0.872. The van der Waals surface area contributed by atoms with E-state index in [9.17, 15) is 5.11 Å². The van der Waals surface area contributed by atoms with Crippen LogP contribution in [-0.4, -0.2) is 42.6 Å². The molecule has 0 spiro atoms. The molecule has 1 aromatic rings. The molecule has 1 N–H and O–H groups in total. The molecular weight excluding hydrogens is 234 g/mol. The first-order valence-electron chi connectivity index (χ1n) is 6.21. The fraction of sp³-hybridized carbons (Fsp3) is 0.538. The fourth-order valence-corrected chi connectivity index (χ4v) is 2.42. The van der Waals surface area contributed by atoms with Crippen LogP contribution in [0.15, 0.2) is 18.2 Å². The molecule has 0 saturated carbocycles. The maximum absolute atomic E-state index is 9.20. The highest BCUT2D eigenvalue weighted by Gasteiger charge is 2.33. The maximum atomic E-state index is 9.20. The van der Waals surface area contributed by atoms with Gasteiger partial charge in [-0.25, -0.2) is 0 Å². The van der Waals surface area contributed by atoms with E-state index in [1.54, 1.807) is 0 Å². The van der Waals surface area contributed by atoms with Gasteiger partial charge in [0.15, 0.2) is 11.5 Å². The van der Waals surface area contributed by atoms with Crippen molar-refractivity contribution in [2.75, 3.05) is 26.5 Å². The van der Waals surface area contributed by atoms with E-state index in [1.165, 1.54) is 0 Å². The van der Waals surface area contributed by atoms with Crippen molar-refractivity contribution in [1.82, 2.24) is 4.90 Å². The van der Waals surface area contributed by atoms with Gasteiger partial charge in [-0.15, -0.1) is 0 Å². The molecule has 0 amide bonds. The van der Waals surface area contributed by atoms with E-state index in [2.05, 4.69) is 11.8 Å². The van der Waals surface area contributed by atoms with Gasteiger partial charge in [-0.3, -0.25) is 4.90 Å². The number of hydrogen-bond donors (Lipinski definition) is 1. The van der Waals surface area contributed by atoms with E-state index in [0.717, 1.165) is 30.2 Å². The summed E-state index contributed by atoms with van der Waals surface area (Å²) in [5, 5.41) is 9.20. The minimum Gasteiger partial charge on any atom is -0.454 e. The van der Waals surface area contributed by atoms with Gasteiger partial charge in [0.2, 0.25) is 6.79 Å². The molecular formula is C13H17NO4. The molecule has 3 rings (SSSR count). The fourth-order valence-electron chi connectivity index (χ4n) is 2.42. The van der Waals surface area contributed by atoms with Crippen molar-refractivity contribution in [1.29, 1.82) is 0 Å². The molecule has 0 aliphatic carbocycles. The van der Waals surface area contributed by atoms with E-state index in [1.807, 2.05) is 18.2 Å². The van der Waals surface area contributed by atoms with Crippen molar-refractivity contribution in [3.8, 4) is 11.5 Å². The summed E-state index contributed by atoms with van der Waals surface area (Å²) < 4.78 is 16.5. The van der Waals surface area contributed by atoms with Crippen LogP contribution >= 0.6 is 0 Å². The number of rotatable bonds is 3. The van der Waals surface area contributed by atoms with Gasteiger partial charge in [0, 0.05) is 6.54 Å². The summed E-state index contributed by atoms with van der Waals surface area (Å²) in [5.41, 5.74) is 1.04. The number of hydrogen-bond acceptors (Lipinski definition) is 5. The topological polar surface area (TPSA) is 51.2 Å². The zero-order valence-corrected chi connectivity index (χ0v) is 10.3. The third kappa shape index (κ3) is 1.94. The number of nitrogens with zero attached hydrogens (tertiary/aromatic N) is 1. The van der Waals surface area contributed by atoms with Gasteiger partial charge < -0.3 is 19.3 Å². The first-order valence-corrected chi connectivity index (χ1v) is 6.21. The predicted octanol–water partition coefficient (Wildman–Crippen LogP) is 1.13. The minimum absolute atomic E-state index is 0.0531. The van der Waals surface area contributed by atoms with E-state index >= 15 is 0 Å². The van der Waals surface area contributed by atoms with Crippen LogP contribution in [0.4, 0.5) is 0 Å². The second-order valence-electron chi connectivity index (χ2n) is 4.49. The van der Waals surface area contributed by atoms with E-state index in [0.29, 0.717) is 0 Å². The van der Waals surface area contributed by atoms with Crippen LogP contribution in [-0.2, 0) is 4.74 Å². The number of aliphatic hydroxyl groups excluding tert-OH is 1. The first-order chi connectivity index (χ1) is 8.81. The smallest absolute Gasteiger partial charge is 0.231 e. The van der Waals surface area contributed by atoms with Gasteiger partial charge in [0.1, 0.15) is 6.23 Å². The number of ether oxygens (including phenoxy) is 3. The molecule has 0 radical (unpaired) electrons. The summed E-state index contributed by atoms with van der Waals surface area (Å²) in [6.07, 6.45) is -0.220. The molecule has 0 bridgehead atoms. The number of benzene rings is 1. The Labute approximate surface area is 106 Å². The first kappa shape index (κ1) is 11.8. The Kier molecular flexibility index (Phi) is 3.11. The summed E-state index contributed by atoms with van der Waals surface area (Å²) >= 11 is 0. The molecule has 18 heavy (non-hydrogen) atoms. The summed E-state index contributed by atoms with van der Waals surface area (Å²) in [4.78, 5) is 2.19. The lowest BCUT2D eigenvalue weighted by atomic mass is 10.1. The number of aliphatic hydroxyl groups is 1. The molecule has 1 saturated heterocycles. The molecule has 2 unspecified atom stereocenters. The van der Waals surface area contributed by atoms with Crippen LogP contribution in [0.1, 0.15) is 18.7 Å². The lowest BCUT2D eigenvalue weighted by Gasteiger charge is -2.21. The van der Waals surface area contributed by atoms with Gasteiger partial charge in [0.05, 0.1) is 12.7 Å². The Bertz CT molecular complexity index is 437. The molecule has 2 atom stereocenters. The zero-order chi connectivity index (χ0) is 12.5. The molecule has 0 aromatic heterocycles. The van der Waals surface area contributed by atoms with Crippen molar-refractivity contribution in [3.05, 3.63) is 23.8 Å². The molecule has 2 aliphatic heterocycles. The Balaban J connectivity index is 1.85. The predicted molar refractivity (Wildman–Crippen MR) is 64.5 cm³/mol.